The summed E-state index contributed by atoms with van der Waals surface area (Å²) < 4.78 is 9.58. The third-order valence-electron chi connectivity index (χ3n) is 2.76. The zero-order chi connectivity index (χ0) is 15.5. The molecule has 1 amide bonds. The Morgan fingerprint density at radius 1 is 1.41 bits per heavy atom. The molecule has 22 heavy (non-hydrogen) atoms. The molecular formula is C14H11N3O3S2. The van der Waals surface area contributed by atoms with Crippen molar-refractivity contribution in [2.45, 2.75) is 12.1 Å². The van der Waals surface area contributed by atoms with Crippen LogP contribution >= 0.6 is 23.3 Å². The molecule has 0 spiro atoms. The summed E-state index contributed by atoms with van der Waals surface area (Å²) in [4.78, 5) is 28.3. The smallest absolute Gasteiger partial charge is 0.293 e. The summed E-state index contributed by atoms with van der Waals surface area (Å²) in [7, 11) is 0. The van der Waals surface area contributed by atoms with Crippen molar-refractivity contribution < 1.29 is 9.21 Å². The predicted octanol–water partition coefficient (Wildman–Crippen LogP) is 3.01. The lowest BCUT2D eigenvalue weighted by Gasteiger charge is -2.02. The molecule has 3 aromatic rings. The lowest BCUT2D eigenvalue weighted by Crippen LogP contribution is -2.14. The van der Waals surface area contributed by atoms with E-state index >= 15 is 0 Å². The van der Waals surface area contributed by atoms with E-state index in [2.05, 4.69) is 14.7 Å². The molecule has 0 saturated carbocycles. The summed E-state index contributed by atoms with van der Waals surface area (Å²) in [6.45, 7) is 1.99. The van der Waals surface area contributed by atoms with Gasteiger partial charge in [-0.3, -0.25) is 14.9 Å². The predicted molar refractivity (Wildman–Crippen MR) is 86.7 cm³/mol. The minimum Gasteiger partial charge on any atom is -0.451 e. The van der Waals surface area contributed by atoms with Crippen LogP contribution in [0.2, 0.25) is 0 Å². The normalized spacial score (nSPS) is 10.8. The van der Waals surface area contributed by atoms with Gasteiger partial charge in [-0.05, 0) is 17.9 Å². The highest BCUT2D eigenvalue weighted by Gasteiger charge is 2.14. The summed E-state index contributed by atoms with van der Waals surface area (Å²) in [6.07, 6.45) is 0. The quantitative estimate of drug-likeness (QED) is 0.739. The minimum atomic E-state index is -0.521. The van der Waals surface area contributed by atoms with E-state index in [0.29, 0.717) is 21.3 Å². The number of nitrogens with one attached hydrogen (secondary N) is 1. The van der Waals surface area contributed by atoms with Crippen LogP contribution in [0, 0.1) is 0 Å². The number of anilines is 1. The lowest BCUT2D eigenvalue weighted by atomic mass is 10.2. The molecule has 6 nitrogen and oxygen atoms in total. The summed E-state index contributed by atoms with van der Waals surface area (Å²) >= 11 is 2.57. The fourth-order valence-corrected chi connectivity index (χ4v) is 3.09. The first-order valence-electron chi connectivity index (χ1n) is 6.48. The van der Waals surface area contributed by atoms with E-state index in [1.54, 1.807) is 24.3 Å². The average Bonchev–Trinajstić information content (AvgIpc) is 2.95. The van der Waals surface area contributed by atoms with Crippen molar-refractivity contribution in [1.29, 1.82) is 0 Å². The van der Waals surface area contributed by atoms with E-state index in [-0.39, 0.29) is 11.2 Å². The number of amides is 1. The van der Waals surface area contributed by atoms with Crippen LogP contribution in [0.3, 0.4) is 0 Å². The van der Waals surface area contributed by atoms with Gasteiger partial charge >= 0.3 is 0 Å². The highest BCUT2D eigenvalue weighted by molar-refractivity contribution is 7.99. The van der Waals surface area contributed by atoms with Gasteiger partial charge in [-0.1, -0.05) is 30.8 Å². The first-order valence-corrected chi connectivity index (χ1v) is 8.24. The average molecular weight is 333 g/mol. The van der Waals surface area contributed by atoms with Crippen LogP contribution in [0.5, 0.6) is 0 Å². The van der Waals surface area contributed by atoms with Gasteiger partial charge in [0.1, 0.15) is 5.58 Å². The fourth-order valence-electron chi connectivity index (χ4n) is 1.82. The minimum absolute atomic E-state index is 0.0522. The Morgan fingerprint density at radius 3 is 3.05 bits per heavy atom. The highest BCUT2D eigenvalue weighted by Crippen LogP contribution is 2.20. The lowest BCUT2D eigenvalue weighted by molar-refractivity contribution is 0.0997. The molecule has 0 saturated heterocycles. The van der Waals surface area contributed by atoms with Crippen LogP contribution in [-0.4, -0.2) is 21.0 Å². The van der Waals surface area contributed by atoms with E-state index in [0.717, 1.165) is 17.3 Å². The molecule has 3 rings (SSSR count). The Kier molecular flexibility index (Phi) is 4.21. The summed E-state index contributed by atoms with van der Waals surface area (Å²) in [6, 6.07) is 7.97. The number of hydrogen-bond donors (Lipinski definition) is 1. The number of aromatic nitrogens is 2. The molecule has 0 aliphatic rings. The maximum Gasteiger partial charge on any atom is 0.293 e. The number of carbonyl (C=O) groups is 1. The highest BCUT2D eigenvalue weighted by atomic mass is 32.2. The standard InChI is InChI=1S/C14H11N3O3S2/c1-2-21-14-16-13(22-17-14)15-12(19)11-7-9(18)8-5-3-4-6-10(8)20-11/h3-7H,2H2,1H3,(H,15,16,17,19). The maximum absolute atomic E-state index is 12.2. The van der Waals surface area contributed by atoms with Crippen LogP contribution in [0.25, 0.3) is 11.0 Å². The van der Waals surface area contributed by atoms with Crippen LogP contribution in [-0.2, 0) is 0 Å². The van der Waals surface area contributed by atoms with E-state index in [9.17, 15) is 9.59 Å². The molecule has 0 aliphatic carbocycles. The van der Waals surface area contributed by atoms with Gasteiger partial charge < -0.3 is 4.42 Å². The van der Waals surface area contributed by atoms with Crippen molar-refractivity contribution in [3.05, 3.63) is 46.3 Å². The molecule has 2 aromatic heterocycles. The van der Waals surface area contributed by atoms with Crippen LogP contribution < -0.4 is 10.7 Å². The van der Waals surface area contributed by atoms with E-state index in [1.807, 2.05) is 6.92 Å². The molecule has 112 valence electrons. The zero-order valence-electron chi connectivity index (χ0n) is 11.5. The molecule has 1 aromatic carbocycles. The Bertz CT molecular complexity index is 888. The molecule has 0 bridgehead atoms. The van der Waals surface area contributed by atoms with Gasteiger partial charge in [-0.25, -0.2) is 0 Å². The van der Waals surface area contributed by atoms with Crippen molar-refractivity contribution in [3.8, 4) is 0 Å². The second kappa shape index (κ2) is 6.29. The molecule has 0 radical (unpaired) electrons. The second-order valence-corrected chi connectivity index (χ2v) is 6.22. The van der Waals surface area contributed by atoms with E-state index in [4.69, 9.17) is 4.42 Å². The number of nitrogens with zero attached hydrogens (tertiary/aromatic N) is 2. The van der Waals surface area contributed by atoms with Crippen molar-refractivity contribution in [3.63, 3.8) is 0 Å². The van der Waals surface area contributed by atoms with Gasteiger partial charge in [0.15, 0.2) is 11.2 Å². The molecule has 0 fully saturated rings. The van der Waals surface area contributed by atoms with Gasteiger partial charge in [-0.15, -0.1) is 0 Å². The Labute approximate surface area is 133 Å². The zero-order valence-corrected chi connectivity index (χ0v) is 13.2. The molecule has 0 unspecified atom stereocenters. The summed E-state index contributed by atoms with van der Waals surface area (Å²) in [5.41, 5.74) is 0.117. The van der Waals surface area contributed by atoms with Crippen molar-refractivity contribution in [2.75, 3.05) is 11.1 Å². The van der Waals surface area contributed by atoms with Crippen molar-refractivity contribution >= 4 is 45.3 Å². The number of fused-ring (bicyclic) bond motifs is 1. The molecule has 1 N–H and O–H groups in total. The molecular weight excluding hydrogens is 322 g/mol. The SMILES string of the molecule is CCSc1nsc(NC(=O)c2cc(=O)c3ccccc3o2)n1. The number of thioether (sulfide) groups is 1. The van der Waals surface area contributed by atoms with Gasteiger partial charge in [0.25, 0.3) is 5.91 Å². The van der Waals surface area contributed by atoms with Gasteiger partial charge in [0, 0.05) is 17.6 Å². The Morgan fingerprint density at radius 2 is 2.23 bits per heavy atom. The number of hydrogen-bond acceptors (Lipinski definition) is 7. The Balaban J connectivity index is 1.86. The first kappa shape index (κ1) is 14.7. The number of carbonyl (C=O) groups excluding carboxylic acids is 1. The molecule has 0 aliphatic heterocycles. The maximum atomic E-state index is 12.2. The Hall–Kier alpha value is -2.19. The third-order valence-corrected chi connectivity index (χ3v) is 4.24. The topological polar surface area (TPSA) is 85.1 Å². The second-order valence-electron chi connectivity index (χ2n) is 4.24. The first-order chi connectivity index (χ1) is 10.7. The van der Waals surface area contributed by atoms with Crippen molar-refractivity contribution in [1.82, 2.24) is 9.36 Å². The fraction of sp³-hybridized carbons (Fsp3) is 0.143. The third kappa shape index (κ3) is 3.02. The molecule has 8 heteroatoms. The van der Waals surface area contributed by atoms with E-state index < -0.39 is 5.91 Å². The summed E-state index contributed by atoms with van der Waals surface area (Å²) in [5.74, 6) is 0.277. The summed E-state index contributed by atoms with van der Waals surface area (Å²) in [5, 5.41) is 4.02. The van der Waals surface area contributed by atoms with E-state index in [1.165, 1.54) is 17.8 Å². The largest absolute Gasteiger partial charge is 0.451 e. The van der Waals surface area contributed by atoms with Crippen LogP contribution in [0.1, 0.15) is 17.5 Å². The molecule has 2 heterocycles. The molecule has 0 atom stereocenters. The van der Waals surface area contributed by atoms with Crippen LogP contribution in [0.4, 0.5) is 5.13 Å². The monoisotopic (exact) mass is 333 g/mol. The van der Waals surface area contributed by atoms with Gasteiger partial charge in [0.2, 0.25) is 10.3 Å². The van der Waals surface area contributed by atoms with Gasteiger partial charge in [-0.2, -0.15) is 9.36 Å². The van der Waals surface area contributed by atoms with Crippen LogP contribution in [0.15, 0.2) is 44.7 Å². The number of para-hydroxylation sites is 1. The number of rotatable bonds is 4. The van der Waals surface area contributed by atoms with Crippen molar-refractivity contribution in [2.24, 2.45) is 0 Å². The number of benzene rings is 1. The van der Waals surface area contributed by atoms with Gasteiger partial charge in [0.05, 0.1) is 5.39 Å².